The Kier molecular flexibility index (Phi) is 2.52. The lowest BCUT2D eigenvalue weighted by molar-refractivity contribution is -0.132. The van der Waals surface area contributed by atoms with Crippen LogP contribution in [0.15, 0.2) is 24.3 Å². The Hall–Kier alpha value is -2.36. The largest absolute Gasteiger partial charge is 0.424 e. The first-order valence-corrected chi connectivity index (χ1v) is 6.14. The van der Waals surface area contributed by atoms with Crippen LogP contribution in [0.1, 0.15) is 18.2 Å². The van der Waals surface area contributed by atoms with Crippen molar-refractivity contribution in [2.75, 3.05) is 0 Å². The number of hydrogen-bond acceptors (Lipinski definition) is 3. The number of pyridine rings is 1. The smallest absolute Gasteiger partial charge is 0.308 e. The number of aryl methyl sites for hydroxylation is 2. The third kappa shape index (κ3) is 1.76. The number of benzene rings is 1. The molecule has 4 heteroatoms. The van der Waals surface area contributed by atoms with Crippen LogP contribution in [0.4, 0.5) is 0 Å². The molecule has 2 heterocycles. The number of H-pyrrole nitrogens is 1. The minimum Gasteiger partial charge on any atom is -0.424 e. The van der Waals surface area contributed by atoms with Gasteiger partial charge < -0.3 is 9.72 Å². The van der Waals surface area contributed by atoms with Crippen molar-refractivity contribution < 1.29 is 9.53 Å². The summed E-state index contributed by atoms with van der Waals surface area (Å²) in [6, 6.07) is 8.01. The van der Waals surface area contributed by atoms with Crippen LogP contribution in [-0.2, 0) is 4.79 Å². The molecule has 1 aromatic carbocycles. The highest BCUT2D eigenvalue weighted by Crippen LogP contribution is 2.33. The maximum atomic E-state index is 11.2. The van der Waals surface area contributed by atoms with Gasteiger partial charge in [-0.3, -0.25) is 4.79 Å². The number of nitrogens with one attached hydrogen (secondary N) is 1. The molecule has 0 aliphatic heterocycles. The number of aromatic amines is 1. The quantitative estimate of drug-likeness (QED) is 0.678. The van der Waals surface area contributed by atoms with Gasteiger partial charge in [-0.25, -0.2) is 4.98 Å². The SMILES string of the molecule is CC(=O)Oc1c(C)nc2[nH]c3ccccc3c2c1C. The van der Waals surface area contributed by atoms with E-state index in [9.17, 15) is 4.79 Å². The summed E-state index contributed by atoms with van der Waals surface area (Å²) in [5.74, 6) is 0.233. The van der Waals surface area contributed by atoms with E-state index in [0.29, 0.717) is 11.4 Å². The van der Waals surface area contributed by atoms with Gasteiger partial charge in [0.1, 0.15) is 5.65 Å². The molecular weight excluding hydrogens is 240 g/mol. The molecule has 4 nitrogen and oxygen atoms in total. The Labute approximate surface area is 110 Å². The number of fused-ring (bicyclic) bond motifs is 3. The van der Waals surface area contributed by atoms with Gasteiger partial charge in [-0.2, -0.15) is 0 Å². The van der Waals surface area contributed by atoms with Gasteiger partial charge in [0.05, 0.1) is 5.69 Å². The molecule has 0 radical (unpaired) electrons. The molecule has 0 aliphatic carbocycles. The summed E-state index contributed by atoms with van der Waals surface area (Å²) in [5.41, 5.74) is 3.52. The monoisotopic (exact) mass is 254 g/mol. The van der Waals surface area contributed by atoms with E-state index in [1.807, 2.05) is 38.1 Å². The van der Waals surface area contributed by atoms with Gasteiger partial charge in [-0.05, 0) is 19.9 Å². The van der Waals surface area contributed by atoms with E-state index in [-0.39, 0.29) is 5.97 Å². The van der Waals surface area contributed by atoms with Crippen LogP contribution in [0, 0.1) is 13.8 Å². The van der Waals surface area contributed by atoms with Crippen LogP contribution < -0.4 is 4.74 Å². The highest BCUT2D eigenvalue weighted by atomic mass is 16.5. The summed E-state index contributed by atoms with van der Waals surface area (Å²) in [4.78, 5) is 19.0. The Morgan fingerprint density at radius 1 is 1.26 bits per heavy atom. The van der Waals surface area contributed by atoms with E-state index in [2.05, 4.69) is 9.97 Å². The molecule has 0 bridgehead atoms. The van der Waals surface area contributed by atoms with Crippen LogP contribution in [0.3, 0.4) is 0 Å². The van der Waals surface area contributed by atoms with Crippen molar-refractivity contribution in [1.82, 2.24) is 9.97 Å². The van der Waals surface area contributed by atoms with E-state index in [1.54, 1.807) is 0 Å². The number of hydrogen-bond donors (Lipinski definition) is 1. The zero-order valence-electron chi connectivity index (χ0n) is 11.1. The molecule has 0 atom stereocenters. The Morgan fingerprint density at radius 2 is 2.00 bits per heavy atom. The summed E-state index contributed by atoms with van der Waals surface area (Å²) in [7, 11) is 0. The van der Waals surface area contributed by atoms with Crippen LogP contribution >= 0.6 is 0 Å². The first-order valence-electron chi connectivity index (χ1n) is 6.14. The molecule has 0 aliphatic rings. The van der Waals surface area contributed by atoms with Crippen molar-refractivity contribution in [3.8, 4) is 5.75 Å². The van der Waals surface area contributed by atoms with Gasteiger partial charge in [0.15, 0.2) is 5.75 Å². The number of aromatic nitrogens is 2. The predicted molar refractivity (Wildman–Crippen MR) is 74.4 cm³/mol. The minimum absolute atomic E-state index is 0.327. The number of para-hydroxylation sites is 1. The van der Waals surface area contributed by atoms with Crippen LogP contribution in [0.25, 0.3) is 21.9 Å². The van der Waals surface area contributed by atoms with Gasteiger partial charge in [0.2, 0.25) is 0 Å². The molecule has 3 aromatic rings. The standard InChI is InChI=1S/C15H14N2O2/c1-8-13-11-6-4-5-7-12(11)17-15(13)16-9(2)14(8)19-10(3)18/h4-7H,1-3H3,(H,16,17). The Morgan fingerprint density at radius 3 is 2.74 bits per heavy atom. The molecular formula is C15H14N2O2. The molecule has 1 N–H and O–H groups in total. The van der Waals surface area contributed by atoms with E-state index in [4.69, 9.17) is 4.74 Å². The maximum Gasteiger partial charge on any atom is 0.308 e. The fourth-order valence-electron chi connectivity index (χ4n) is 2.49. The molecule has 96 valence electrons. The van der Waals surface area contributed by atoms with Crippen molar-refractivity contribution in [2.24, 2.45) is 0 Å². The Balaban J connectivity index is 2.41. The molecule has 2 aromatic heterocycles. The van der Waals surface area contributed by atoms with Crippen molar-refractivity contribution >= 4 is 27.9 Å². The maximum absolute atomic E-state index is 11.2. The molecule has 0 fully saturated rings. The topological polar surface area (TPSA) is 55.0 Å². The summed E-state index contributed by atoms with van der Waals surface area (Å²) in [6.07, 6.45) is 0. The normalized spacial score (nSPS) is 11.1. The van der Waals surface area contributed by atoms with E-state index < -0.39 is 0 Å². The highest BCUT2D eigenvalue weighted by molar-refractivity contribution is 6.08. The highest BCUT2D eigenvalue weighted by Gasteiger charge is 2.15. The van der Waals surface area contributed by atoms with E-state index in [0.717, 1.165) is 27.5 Å². The predicted octanol–water partition coefficient (Wildman–Crippen LogP) is 3.26. The average molecular weight is 254 g/mol. The summed E-state index contributed by atoms with van der Waals surface area (Å²) in [5, 5.41) is 2.10. The third-order valence-electron chi connectivity index (χ3n) is 3.26. The molecule has 0 spiro atoms. The minimum atomic E-state index is -0.327. The number of esters is 1. The molecule has 0 amide bonds. The summed E-state index contributed by atoms with van der Waals surface area (Å²) in [6.45, 7) is 5.20. The van der Waals surface area contributed by atoms with Crippen LogP contribution in [-0.4, -0.2) is 15.9 Å². The molecule has 0 unspecified atom stereocenters. The van der Waals surface area contributed by atoms with E-state index in [1.165, 1.54) is 6.92 Å². The lowest BCUT2D eigenvalue weighted by Gasteiger charge is -2.09. The fraction of sp³-hybridized carbons (Fsp3) is 0.200. The van der Waals surface area contributed by atoms with Crippen molar-refractivity contribution in [1.29, 1.82) is 0 Å². The third-order valence-corrected chi connectivity index (χ3v) is 3.26. The summed E-state index contributed by atoms with van der Waals surface area (Å²) >= 11 is 0. The van der Waals surface area contributed by atoms with Gasteiger partial charge in [0, 0.05) is 28.8 Å². The molecule has 3 rings (SSSR count). The van der Waals surface area contributed by atoms with Gasteiger partial charge >= 0.3 is 5.97 Å². The number of nitrogens with zero attached hydrogens (tertiary/aromatic N) is 1. The molecule has 19 heavy (non-hydrogen) atoms. The van der Waals surface area contributed by atoms with Gasteiger partial charge in [-0.1, -0.05) is 18.2 Å². The van der Waals surface area contributed by atoms with Gasteiger partial charge in [0.25, 0.3) is 0 Å². The number of rotatable bonds is 1. The van der Waals surface area contributed by atoms with Gasteiger partial charge in [-0.15, -0.1) is 0 Å². The van der Waals surface area contributed by atoms with Crippen molar-refractivity contribution in [2.45, 2.75) is 20.8 Å². The number of carbonyl (C=O) groups is 1. The molecule has 0 saturated heterocycles. The first kappa shape index (κ1) is 11.7. The zero-order chi connectivity index (χ0) is 13.6. The van der Waals surface area contributed by atoms with Crippen molar-refractivity contribution in [3.05, 3.63) is 35.5 Å². The fourth-order valence-corrected chi connectivity index (χ4v) is 2.49. The summed E-state index contributed by atoms with van der Waals surface area (Å²) < 4.78 is 5.29. The second kappa shape index (κ2) is 4.09. The zero-order valence-corrected chi connectivity index (χ0v) is 11.1. The average Bonchev–Trinajstić information content (AvgIpc) is 2.72. The second-order valence-corrected chi connectivity index (χ2v) is 4.64. The van der Waals surface area contributed by atoms with Crippen LogP contribution in [0.5, 0.6) is 5.75 Å². The van der Waals surface area contributed by atoms with E-state index >= 15 is 0 Å². The molecule has 0 saturated carbocycles. The number of carbonyl (C=O) groups excluding carboxylic acids is 1. The van der Waals surface area contributed by atoms with Crippen molar-refractivity contribution in [3.63, 3.8) is 0 Å². The lowest BCUT2D eigenvalue weighted by Crippen LogP contribution is -2.05. The first-order chi connectivity index (χ1) is 9.08. The second-order valence-electron chi connectivity index (χ2n) is 4.64. The Bertz CT molecular complexity index is 803. The number of ether oxygens (including phenoxy) is 1. The lowest BCUT2D eigenvalue weighted by atomic mass is 10.1. The van der Waals surface area contributed by atoms with Crippen LogP contribution in [0.2, 0.25) is 0 Å².